The number of ether oxygens (including phenoxy) is 1. The molecule has 2 heterocycles. The van der Waals surface area contributed by atoms with Crippen molar-refractivity contribution in [2.45, 2.75) is 13.0 Å². The van der Waals surface area contributed by atoms with E-state index >= 15 is 0 Å². The van der Waals surface area contributed by atoms with Crippen LogP contribution >= 0.6 is 23.2 Å². The molecule has 1 aromatic heterocycles. The van der Waals surface area contributed by atoms with E-state index in [1.807, 2.05) is 23.1 Å². The molecular formula is C19H16Cl2N2O2. The van der Waals surface area contributed by atoms with Gasteiger partial charge in [-0.3, -0.25) is 4.79 Å². The van der Waals surface area contributed by atoms with Gasteiger partial charge in [0.25, 0.3) is 5.91 Å². The van der Waals surface area contributed by atoms with Crippen LogP contribution in [-0.4, -0.2) is 29.4 Å². The molecule has 4 rings (SSSR count). The number of halogens is 2. The maximum absolute atomic E-state index is 12.8. The van der Waals surface area contributed by atoms with Crippen LogP contribution < -0.4 is 4.74 Å². The van der Waals surface area contributed by atoms with E-state index in [0.29, 0.717) is 28.7 Å². The standard InChI is InChI=1S/C19H16Cl2N2O2/c1-25-12-3-5-17-14(9-12)13-6-7-23(10-18(13)22-17)19(24)11-2-4-15(20)16(21)8-11/h2-5,8-9,22H,6-7,10H2,1H3. The number of nitrogens with one attached hydrogen (secondary N) is 1. The topological polar surface area (TPSA) is 45.3 Å². The maximum atomic E-state index is 12.8. The van der Waals surface area contributed by atoms with E-state index in [4.69, 9.17) is 27.9 Å². The Labute approximate surface area is 155 Å². The Morgan fingerprint density at radius 3 is 2.76 bits per heavy atom. The molecule has 1 aliphatic heterocycles. The Hall–Kier alpha value is -2.17. The molecule has 0 atom stereocenters. The van der Waals surface area contributed by atoms with Crippen molar-refractivity contribution in [1.29, 1.82) is 0 Å². The lowest BCUT2D eigenvalue weighted by Gasteiger charge is -2.27. The number of hydrogen-bond donors (Lipinski definition) is 1. The van der Waals surface area contributed by atoms with Gasteiger partial charge in [0.05, 0.1) is 23.7 Å². The number of carbonyl (C=O) groups is 1. The van der Waals surface area contributed by atoms with E-state index in [9.17, 15) is 4.79 Å². The highest BCUT2D eigenvalue weighted by Gasteiger charge is 2.25. The smallest absolute Gasteiger partial charge is 0.254 e. The lowest BCUT2D eigenvalue weighted by molar-refractivity contribution is 0.0733. The molecule has 1 N–H and O–H groups in total. The largest absolute Gasteiger partial charge is 0.497 e. The number of hydrogen-bond acceptors (Lipinski definition) is 2. The average molecular weight is 375 g/mol. The SMILES string of the molecule is COc1ccc2[nH]c3c(c2c1)CCN(C(=O)c1ccc(Cl)c(Cl)c1)C3. The van der Waals surface area contributed by atoms with E-state index < -0.39 is 0 Å². The van der Waals surface area contributed by atoms with Crippen molar-refractivity contribution < 1.29 is 9.53 Å². The fourth-order valence-corrected chi connectivity index (χ4v) is 3.63. The lowest BCUT2D eigenvalue weighted by atomic mass is 10.0. The molecule has 3 aromatic rings. The summed E-state index contributed by atoms with van der Waals surface area (Å²) in [6.07, 6.45) is 0.801. The summed E-state index contributed by atoms with van der Waals surface area (Å²) in [5.74, 6) is 0.795. The van der Waals surface area contributed by atoms with Crippen molar-refractivity contribution in [3.63, 3.8) is 0 Å². The minimum absolute atomic E-state index is 0.0412. The first-order valence-electron chi connectivity index (χ1n) is 7.98. The number of amides is 1. The molecule has 0 bridgehead atoms. The molecule has 4 nitrogen and oxygen atoms in total. The van der Waals surface area contributed by atoms with Gasteiger partial charge in [-0.15, -0.1) is 0 Å². The van der Waals surface area contributed by atoms with Crippen molar-refractivity contribution in [2.75, 3.05) is 13.7 Å². The Morgan fingerprint density at radius 1 is 1.16 bits per heavy atom. The number of rotatable bonds is 2. The van der Waals surface area contributed by atoms with Crippen LogP contribution in [0.1, 0.15) is 21.6 Å². The van der Waals surface area contributed by atoms with Gasteiger partial charge in [-0.05, 0) is 48.4 Å². The number of nitrogens with zero attached hydrogens (tertiary/aromatic N) is 1. The number of benzene rings is 2. The predicted molar refractivity (Wildman–Crippen MR) is 99.8 cm³/mol. The van der Waals surface area contributed by atoms with Gasteiger partial charge < -0.3 is 14.6 Å². The molecule has 0 spiro atoms. The molecular weight excluding hydrogens is 359 g/mol. The van der Waals surface area contributed by atoms with Crippen molar-refractivity contribution in [2.24, 2.45) is 0 Å². The summed E-state index contributed by atoms with van der Waals surface area (Å²) in [6, 6.07) is 11.0. The van der Waals surface area contributed by atoms with Crippen LogP contribution in [0.4, 0.5) is 0 Å². The van der Waals surface area contributed by atoms with Crippen LogP contribution in [0.3, 0.4) is 0 Å². The fraction of sp³-hybridized carbons (Fsp3) is 0.211. The second-order valence-electron chi connectivity index (χ2n) is 6.10. The third kappa shape index (κ3) is 2.86. The van der Waals surface area contributed by atoms with Gasteiger partial charge >= 0.3 is 0 Å². The number of aromatic amines is 1. The summed E-state index contributed by atoms with van der Waals surface area (Å²) in [7, 11) is 1.66. The molecule has 6 heteroatoms. The first kappa shape index (κ1) is 16.3. The molecule has 0 aliphatic carbocycles. The monoisotopic (exact) mass is 374 g/mol. The summed E-state index contributed by atoms with van der Waals surface area (Å²) >= 11 is 12.0. The first-order chi connectivity index (χ1) is 12.1. The van der Waals surface area contributed by atoms with E-state index in [1.165, 1.54) is 5.56 Å². The van der Waals surface area contributed by atoms with Gasteiger partial charge in [0.1, 0.15) is 5.75 Å². The van der Waals surface area contributed by atoms with Gasteiger partial charge in [-0.25, -0.2) is 0 Å². The molecule has 0 fully saturated rings. The van der Waals surface area contributed by atoms with Crippen LogP contribution in [0.5, 0.6) is 5.75 Å². The zero-order chi connectivity index (χ0) is 17.6. The number of methoxy groups -OCH3 is 1. The minimum atomic E-state index is -0.0412. The molecule has 25 heavy (non-hydrogen) atoms. The molecule has 2 aromatic carbocycles. The third-order valence-electron chi connectivity index (χ3n) is 4.64. The maximum Gasteiger partial charge on any atom is 0.254 e. The Kier molecular flexibility index (Phi) is 4.10. The molecule has 1 amide bonds. The normalized spacial score (nSPS) is 13.8. The van der Waals surface area contributed by atoms with Gasteiger partial charge in [0.15, 0.2) is 0 Å². The zero-order valence-electron chi connectivity index (χ0n) is 13.6. The second-order valence-corrected chi connectivity index (χ2v) is 6.91. The molecule has 128 valence electrons. The Bertz CT molecular complexity index is 981. The van der Waals surface area contributed by atoms with Crippen LogP contribution in [0.15, 0.2) is 36.4 Å². The number of fused-ring (bicyclic) bond motifs is 3. The first-order valence-corrected chi connectivity index (χ1v) is 8.74. The minimum Gasteiger partial charge on any atom is -0.497 e. The van der Waals surface area contributed by atoms with E-state index in [0.717, 1.165) is 28.8 Å². The van der Waals surface area contributed by atoms with Gasteiger partial charge in [-0.1, -0.05) is 23.2 Å². The number of carbonyl (C=O) groups excluding carboxylic acids is 1. The summed E-state index contributed by atoms with van der Waals surface area (Å²) in [5, 5.41) is 2.00. The highest BCUT2D eigenvalue weighted by Crippen LogP contribution is 2.31. The summed E-state index contributed by atoms with van der Waals surface area (Å²) < 4.78 is 5.32. The predicted octanol–water partition coefficient (Wildman–Crippen LogP) is 4.68. The van der Waals surface area contributed by atoms with Crippen LogP contribution in [-0.2, 0) is 13.0 Å². The molecule has 0 saturated carbocycles. The fourth-order valence-electron chi connectivity index (χ4n) is 3.33. The average Bonchev–Trinajstić information content (AvgIpc) is 3.00. The molecule has 0 radical (unpaired) electrons. The second kappa shape index (κ2) is 6.28. The molecule has 1 aliphatic rings. The van der Waals surface area contributed by atoms with E-state index in [2.05, 4.69) is 4.98 Å². The van der Waals surface area contributed by atoms with Crippen LogP contribution in [0.2, 0.25) is 10.0 Å². The highest BCUT2D eigenvalue weighted by molar-refractivity contribution is 6.42. The quantitative estimate of drug-likeness (QED) is 0.707. The van der Waals surface area contributed by atoms with E-state index in [-0.39, 0.29) is 5.91 Å². The van der Waals surface area contributed by atoms with Crippen LogP contribution in [0.25, 0.3) is 10.9 Å². The third-order valence-corrected chi connectivity index (χ3v) is 5.38. The number of H-pyrrole nitrogens is 1. The summed E-state index contributed by atoms with van der Waals surface area (Å²) in [6.45, 7) is 1.21. The van der Waals surface area contributed by atoms with Crippen molar-refractivity contribution in [1.82, 2.24) is 9.88 Å². The molecule has 0 saturated heterocycles. The van der Waals surface area contributed by atoms with Crippen molar-refractivity contribution >= 4 is 40.0 Å². The van der Waals surface area contributed by atoms with Gasteiger partial charge in [-0.2, -0.15) is 0 Å². The molecule has 0 unspecified atom stereocenters. The summed E-state index contributed by atoms with van der Waals surface area (Å²) in [4.78, 5) is 18.0. The highest BCUT2D eigenvalue weighted by atomic mass is 35.5. The van der Waals surface area contributed by atoms with Gasteiger partial charge in [0.2, 0.25) is 0 Å². The van der Waals surface area contributed by atoms with Crippen molar-refractivity contribution in [3.05, 3.63) is 63.3 Å². The Morgan fingerprint density at radius 2 is 2.00 bits per heavy atom. The van der Waals surface area contributed by atoms with Crippen LogP contribution in [0, 0.1) is 0 Å². The number of aromatic nitrogens is 1. The zero-order valence-corrected chi connectivity index (χ0v) is 15.1. The lowest BCUT2D eigenvalue weighted by Crippen LogP contribution is -2.35. The van der Waals surface area contributed by atoms with E-state index in [1.54, 1.807) is 25.3 Å². The Balaban J connectivity index is 1.64. The van der Waals surface area contributed by atoms with Gasteiger partial charge in [0, 0.05) is 28.7 Å². The van der Waals surface area contributed by atoms with Crippen molar-refractivity contribution in [3.8, 4) is 5.75 Å². The summed E-state index contributed by atoms with van der Waals surface area (Å²) in [5.41, 5.74) is 3.94.